The number of benzene rings is 1. The first-order chi connectivity index (χ1) is 9.54. The third-order valence-corrected chi connectivity index (χ3v) is 3.13. The fourth-order valence-electron chi connectivity index (χ4n) is 1.90. The molecule has 0 aliphatic carbocycles. The lowest BCUT2D eigenvalue weighted by atomic mass is 10.1. The van der Waals surface area contributed by atoms with Crippen LogP contribution in [0.2, 0.25) is 0 Å². The number of anilines is 1. The molecule has 0 saturated carbocycles. The maximum absolute atomic E-state index is 12.8. The quantitative estimate of drug-likeness (QED) is 0.831. The number of nitrogens with zero attached hydrogens (tertiary/aromatic N) is 1. The van der Waals surface area contributed by atoms with E-state index in [9.17, 15) is 4.39 Å². The highest BCUT2D eigenvalue weighted by Crippen LogP contribution is 2.10. The molecule has 1 heterocycles. The molecule has 0 saturated heterocycles. The molecule has 3 nitrogen and oxygen atoms in total. The van der Waals surface area contributed by atoms with Gasteiger partial charge in [-0.3, -0.25) is 0 Å². The first kappa shape index (κ1) is 14.4. The molecular formula is C15H16FN3S. The van der Waals surface area contributed by atoms with Crippen LogP contribution in [-0.4, -0.2) is 16.0 Å². The van der Waals surface area contributed by atoms with Crippen LogP contribution in [0, 0.1) is 5.82 Å². The van der Waals surface area contributed by atoms with Gasteiger partial charge in [0.2, 0.25) is 0 Å². The fourth-order valence-corrected chi connectivity index (χ4v) is 2.02. The smallest absolute Gasteiger partial charge is 0.126 e. The molecule has 1 atom stereocenters. The Balaban J connectivity index is 1.95. The van der Waals surface area contributed by atoms with Crippen molar-refractivity contribution in [3.63, 3.8) is 0 Å². The van der Waals surface area contributed by atoms with Crippen LogP contribution < -0.4 is 11.1 Å². The Morgan fingerprint density at radius 1 is 1.30 bits per heavy atom. The van der Waals surface area contributed by atoms with Crippen molar-refractivity contribution in [3.05, 3.63) is 59.5 Å². The van der Waals surface area contributed by atoms with E-state index in [0.29, 0.717) is 4.99 Å². The van der Waals surface area contributed by atoms with Crippen LogP contribution in [-0.2, 0) is 6.42 Å². The lowest BCUT2D eigenvalue weighted by molar-refractivity contribution is 0.626. The van der Waals surface area contributed by atoms with E-state index in [2.05, 4.69) is 10.3 Å². The third-order valence-electron chi connectivity index (χ3n) is 2.90. The van der Waals surface area contributed by atoms with E-state index < -0.39 is 0 Å². The van der Waals surface area contributed by atoms with Crippen LogP contribution in [0.5, 0.6) is 0 Å². The molecule has 0 amide bonds. The molecule has 104 valence electrons. The van der Waals surface area contributed by atoms with Gasteiger partial charge in [0.1, 0.15) is 16.6 Å². The van der Waals surface area contributed by atoms with Crippen molar-refractivity contribution in [1.29, 1.82) is 0 Å². The van der Waals surface area contributed by atoms with E-state index in [4.69, 9.17) is 18.0 Å². The van der Waals surface area contributed by atoms with Crippen molar-refractivity contribution in [2.45, 2.75) is 19.4 Å². The molecule has 1 aromatic heterocycles. The summed E-state index contributed by atoms with van der Waals surface area (Å²) in [6.45, 7) is 2.05. The largest absolute Gasteiger partial charge is 0.389 e. The van der Waals surface area contributed by atoms with E-state index in [1.165, 1.54) is 12.1 Å². The number of halogens is 1. The van der Waals surface area contributed by atoms with E-state index in [0.717, 1.165) is 23.4 Å². The SMILES string of the molecule is CC(Cc1ccc(F)cc1)Nc1ccc(C(N)=S)cn1. The number of aromatic nitrogens is 1. The summed E-state index contributed by atoms with van der Waals surface area (Å²) in [6.07, 6.45) is 2.44. The molecule has 1 unspecified atom stereocenters. The molecule has 5 heteroatoms. The fraction of sp³-hybridized carbons (Fsp3) is 0.200. The lowest BCUT2D eigenvalue weighted by Crippen LogP contribution is -2.19. The summed E-state index contributed by atoms with van der Waals surface area (Å²) in [5.74, 6) is 0.545. The van der Waals surface area contributed by atoms with Crippen LogP contribution in [0.1, 0.15) is 18.1 Å². The maximum atomic E-state index is 12.8. The second-order valence-electron chi connectivity index (χ2n) is 4.67. The Kier molecular flexibility index (Phi) is 4.63. The number of nitrogens with one attached hydrogen (secondary N) is 1. The average Bonchev–Trinajstić information content (AvgIpc) is 2.42. The predicted molar refractivity (Wildman–Crippen MR) is 83.3 cm³/mol. The molecule has 0 radical (unpaired) electrons. The van der Waals surface area contributed by atoms with Gasteiger partial charge >= 0.3 is 0 Å². The first-order valence-corrected chi connectivity index (χ1v) is 6.72. The lowest BCUT2D eigenvalue weighted by Gasteiger charge is -2.14. The second-order valence-corrected chi connectivity index (χ2v) is 5.11. The standard InChI is InChI=1S/C15H16FN3S/c1-10(8-11-2-5-13(16)6-3-11)19-14-7-4-12(9-18-14)15(17)20/h2-7,9-10H,8H2,1H3,(H2,17,20)(H,18,19). The van der Waals surface area contributed by atoms with Gasteiger partial charge in [0.05, 0.1) is 0 Å². The summed E-state index contributed by atoms with van der Waals surface area (Å²) >= 11 is 4.88. The maximum Gasteiger partial charge on any atom is 0.126 e. The van der Waals surface area contributed by atoms with Gasteiger partial charge in [-0.25, -0.2) is 9.37 Å². The molecule has 0 bridgehead atoms. The van der Waals surface area contributed by atoms with E-state index in [-0.39, 0.29) is 11.9 Å². The van der Waals surface area contributed by atoms with Gasteiger partial charge in [0.15, 0.2) is 0 Å². The van der Waals surface area contributed by atoms with Gasteiger partial charge < -0.3 is 11.1 Å². The zero-order valence-electron chi connectivity index (χ0n) is 11.1. The molecule has 2 aromatic rings. The zero-order chi connectivity index (χ0) is 14.5. The number of nitrogens with two attached hydrogens (primary N) is 1. The summed E-state index contributed by atoms with van der Waals surface area (Å²) < 4.78 is 12.8. The highest BCUT2D eigenvalue weighted by molar-refractivity contribution is 7.80. The summed E-state index contributed by atoms with van der Waals surface area (Å²) in [5.41, 5.74) is 7.34. The van der Waals surface area contributed by atoms with Gasteiger partial charge in [-0.1, -0.05) is 24.4 Å². The third kappa shape index (κ3) is 3.99. The normalized spacial score (nSPS) is 11.9. The van der Waals surface area contributed by atoms with Crippen molar-refractivity contribution in [2.75, 3.05) is 5.32 Å². The number of thiocarbonyl (C=S) groups is 1. The molecule has 1 aromatic carbocycles. The van der Waals surface area contributed by atoms with Gasteiger partial charge in [0, 0.05) is 17.8 Å². The highest BCUT2D eigenvalue weighted by atomic mass is 32.1. The molecule has 0 spiro atoms. The van der Waals surface area contributed by atoms with Crippen LogP contribution in [0.3, 0.4) is 0 Å². The number of pyridine rings is 1. The Hall–Kier alpha value is -2.01. The molecular weight excluding hydrogens is 273 g/mol. The second kappa shape index (κ2) is 6.43. The summed E-state index contributed by atoms with van der Waals surface area (Å²) in [6, 6.07) is 10.4. The Bertz CT molecular complexity index is 581. The van der Waals surface area contributed by atoms with Gasteiger partial charge in [0.25, 0.3) is 0 Å². The van der Waals surface area contributed by atoms with Gasteiger partial charge in [-0.15, -0.1) is 0 Å². The van der Waals surface area contributed by atoms with Crippen LogP contribution in [0.4, 0.5) is 10.2 Å². The monoisotopic (exact) mass is 289 g/mol. The van der Waals surface area contributed by atoms with Crippen LogP contribution in [0.25, 0.3) is 0 Å². The summed E-state index contributed by atoms with van der Waals surface area (Å²) in [5, 5.41) is 3.28. The van der Waals surface area contributed by atoms with Crippen molar-refractivity contribution >= 4 is 23.0 Å². The molecule has 2 rings (SSSR count). The summed E-state index contributed by atoms with van der Waals surface area (Å²) in [4.78, 5) is 4.59. The Morgan fingerprint density at radius 3 is 2.55 bits per heavy atom. The van der Waals surface area contributed by atoms with Crippen LogP contribution >= 0.6 is 12.2 Å². The minimum atomic E-state index is -0.218. The minimum Gasteiger partial charge on any atom is -0.389 e. The predicted octanol–water partition coefficient (Wildman–Crippen LogP) is 2.90. The van der Waals surface area contributed by atoms with Gasteiger partial charge in [-0.05, 0) is 43.2 Å². The topological polar surface area (TPSA) is 50.9 Å². The molecule has 0 fully saturated rings. The van der Waals surface area contributed by atoms with Gasteiger partial charge in [-0.2, -0.15) is 0 Å². The number of hydrogen-bond donors (Lipinski definition) is 2. The molecule has 3 N–H and O–H groups in total. The van der Waals surface area contributed by atoms with Crippen molar-refractivity contribution in [3.8, 4) is 0 Å². The van der Waals surface area contributed by atoms with Crippen LogP contribution in [0.15, 0.2) is 42.6 Å². The average molecular weight is 289 g/mol. The molecule has 20 heavy (non-hydrogen) atoms. The van der Waals surface area contributed by atoms with Crippen molar-refractivity contribution in [1.82, 2.24) is 4.98 Å². The van der Waals surface area contributed by atoms with Crippen molar-refractivity contribution < 1.29 is 4.39 Å². The molecule has 0 aliphatic rings. The minimum absolute atomic E-state index is 0.184. The van der Waals surface area contributed by atoms with Crippen molar-refractivity contribution in [2.24, 2.45) is 5.73 Å². The van der Waals surface area contributed by atoms with E-state index in [1.54, 1.807) is 18.3 Å². The zero-order valence-corrected chi connectivity index (χ0v) is 12.0. The van der Waals surface area contributed by atoms with E-state index >= 15 is 0 Å². The highest BCUT2D eigenvalue weighted by Gasteiger charge is 2.05. The number of rotatable bonds is 5. The first-order valence-electron chi connectivity index (χ1n) is 6.31. The Morgan fingerprint density at radius 2 is 2.00 bits per heavy atom. The number of hydrogen-bond acceptors (Lipinski definition) is 3. The molecule has 0 aliphatic heterocycles. The summed E-state index contributed by atoms with van der Waals surface area (Å²) in [7, 11) is 0. The van der Waals surface area contributed by atoms with E-state index in [1.807, 2.05) is 19.1 Å². The Labute approximate surface area is 123 Å².